The third-order valence-corrected chi connectivity index (χ3v) is 5.79. The first-order valence-corrected chi connectivity index (χ1v) is 10.2. The molecule has 0 aliphatic rings. The van der Waals surface area contributed by atoms with E-state index in [1.54, 1.807) is 16.9 Å². The lowest BCUT2D eigenvalue weighted by molar-refractivity contribution is 0.116. The van der Waals surface area contributed by atoms with Crippen LogP contribution in [0.2, 0.25) is 0 Å². The quantitative estimate of drug-likeness (QED) is 0.401. The molecule has 2 aromatic carbocycles. The molecule has 0 amide bonds. The number of nitrogens with two attached hydrogens (primary N) is 1. The van der Waals surface area contributed by atoms with Crippen molar-refractivity contribution in [3.63, 3.8) is 0 Å². The number of aromatic nitrogens is 6. The second-order valence-corrected chi connectivity index (χ2v) is 8.04. The number of hydrogen-bond donors (Lipinski definition) is 1. The first-order valence-electron chi connectivity index (χ1n) is 9.38. The Kier molecular flexibility index (Phi) is 4.85. The highest BCUT2D eigenvalue weighted by Gasteiger charge is 2.20. The van der Waals surface area contributed by atoms with Gasteiger partial charge in [-0.2, -0.15) is 8.78 Å². The van der Waals surface area contributed by atoms with E-state index in [-0.39, 0.29) is 17.5 Å². The molecule has 12 heteroatoms. The summed E-state index contributed by atoms with van der Waals surface area (Å²) in [5.74, 6) is -1.84. The molecule has 0 fully saturated rings. The van der Waals surface area contributed by atoms with Gasteiger partial charge in [0.15, 0.2) is 5.13 Å². The first-order chi connectivity index (χ1) is 15.4. The van der Waals surface area contributed by atoms with Crippen LogP contribution in [0.25, 0.3) is 32.9 Å². The number of nitrogen functional groups attached to an aromatic ring is 1. The van der Waals surface area contributed by atoms with Crippen LogP contribution in [-0.4, -0.2) is 30.2 Å². The van der Waals surface area contributed by atoms with E-state index in [4.69, 9.17) is 10.2 Å². The minimum atomic E-state index is -2.92. The monoisotopic (exact) mass is 457 g/mol. The number of hydrogen-bond acceptors (Lipinski definition) is 8. The van der Waals surface area contributed by atoms with Crippen LogP contribution in [0.5, 0.6) is 0 Å². The van der Waals surface area contributed by atoms with E-state index in [2.05, 4.69) is 25.5 Å². The van der Waals surface area contributed by atoms with Gasteiger partial charge in [0.25, 0.3) is 11.8 Å². The molecular weight excluding hydrogens is 443 g/mol. The SMILES string of the molecule is C[C@H](c1ccc(-c2nnc(C(F)F)o2)c(F)c1)n1cc(-c2ccc3nc(N)sc3c2)nn1. The zero-order valence-corrected chi connectivity index (χ0v) is 17.2. The molecule has 0 aliphatic heterocycles. The van der Waals surface area contributed by atoms with Crippen molar-refractivity contribution in [2.45, 2.75) is 19.4 Å². The van der Waals surface area contributed by atoms with Gasteiger partial charge in [-0.25, -0.2) is 14.1 Å². The molecule has 0 unspecified atom stereocenters. The minimum absolute atomic E-state index is 0.0586. The third kappa shape index (κ3) is 3.58. The number of halogens is 3. The maximum atomic E-state index is 14.7. The van der Waals surface area contributed by atoms with Crippen LogP contribution in [0.1, 0.15) is 30.8 Å². The Bertz CT molecular complexity index is 1430. The Morgan fingerprint density at radius 3 is 2.69 bits per heavy atom. The molecule has 32 heavy (non-hydrogen) atoms. The lowest BCUT2D eigenvalue weighted by Gasteiger charge is -2.12. The normalized spacial score (nSPS) is 12.7. The van der Waals surface area contributed by atoms with Gasteiger partial charge in [-0.15, -0.1) is 15.3 Å². The molecule has 0 spiro atoms. The molecule has 0 saturated heterocycles. The highest BCUT2D eigenvalue weighted by Crippen LogP contribution is 2.30. The fraction of sp³-hybridized carbons (Fsp3) is 0.150. The molecule has 162 valence electrons. The fourth-order valence-electron chi connectivity index (χ4n) is 3.25. The van der Waals surface area contributed by atoms with Crippen LogP contribution in [0.3, 0.4) is 0 Å². The van der Waals surface area contributed by atoms with Gasteiger partial charge in [-0.1, -0.05) is 28.7 Å². The lowest BCUT2D eigenvalue weighted by atomic mass is 10.1. The van der Waals surface area contributed by atoms with Crippen molar-refractivity contribution in [2.24, 2.45) is 0 Å². The van der Waals surface area contributed by atoms with Gasteiger partial charge >= 0.3 is 6.43 Å². The molecule has 0 saturated carbocycles. The summed E-state index contributed by atoms with van der Waals surface area (Å²) in [6, 6.07) is 9.67. The molecule has 2 N–H and O–H groups in total. The van der Waals surface area contributed by atoms with Gasteiger partial charge in [0.1, 0.15) is 11.5 Å². The molecule has 3 heterocycles. The van der Waals surface area contributed by atoms with E-state index in [9.17, 15) is 13.2 Å². The average molecular weight is 457 g/mol. The number of thiazole rings is 1. The number of anilines is 1. The molecule has 5 aromatic rings. The van der Waals surface area contributed by atoms with Crippen LogP contribution in [0, 0.1) is 5.82 Å². The summed E-state index contributed by atoms with van der Waals surface area (Å²) in [4.78, 5) is 4.24. The maximum absolute atomic E-state index is 14.7. The number of rotatable bonds is 5. The summed E-state index contributed by atoms with van der Waals surface area (Å²) in [5.41, 5.74) is 8.62. The standard InChI is InChI=1S/C20H14F3N7OS/c1-9(10-2-4-12(13(21)6-10)18-27-28-19(31-18)17(22)23)30-8-15(26-29-30)11-3-5-14-16(7-11)32-20(24)25-14/h2-9,17H,1H3,(H2,24,25)/t9-/m1/s1. The van der Waals surface area contributed by atoms with E-state index >= 15 is 0 Å². The Hall–Kier alpha value is -3.80. The number of fused-ring (bicyclic) bond motifs is 1. The summed E-state index contributed by atoms with van der Waals surface area (Å²) in [7, 11) is 0. The molecule has 0 bridgehead atoms. The third-order valence-electron chi connectivity index (χ3n) is 4.94. The second kappa shape index (κ2) is 7.71. The van der Waals surface area contributed by atoms with E-state index in [0.29, 0.717) is 16.4 Å². The van der Waals surface area contributed by atoms with Crippen LogP contribution >= 0.6 is 11.3 Å². The highest BCUT2D eigenvalue weighted by atomic mass is 32.1. The summed E-state index contributed by atoms with van der Waals surface area (Å²) >= 11 is 1.39. The predicted molar refractivity (Wildman–Crippen MR) is 112 cm³/mol. The Balaban J connectivity index is 1.41. The highest BCUT2D eigenvalue weighted by molar-refractivity contribution is 7.22. The van der Waals surface area contributed by atoms with Crippen molar-refractivity contribution >= 4 is 26.7 Å². The Morgan fingerprint density at radius 2 is 1.94 bits per heavy atom. The molecule has 0 radical (unpaired) electrons. The van der Waals surface area contributed by atoms with Crippen molar-refractivity contribution in [1.82, 2.24) is 30.2 Å². The zero-order valence-electron chi connectivity index (χ0n) is 16.4. The van der Waals surface area contributed by atoms with Crippen molar-refractivity contribution in [1.29, 1.82) is 0 Å². The number of alkyl halides is 2. The van der Waals surface area contributed by atoms with E-state index in [1.807, 2.05) is 25.1 Å². The van der Waals surface area contributed by atoms with Gasteiger partial charge in [0.2, 0.25) is 0 Å². The van der Waals surface area contributed by atoms with Crippen molar-refractivity contribution in [3.8, 4) is 22.7 Å². The maximum Gasteiger partial charge on any atom is 0.314 e. The zero-order chi connectivity index (χ0) is 22.4. The summed E-state index contributed by atoms with van der Waals surface area (Å²) in [6.07, 6.45) is -1.16. The molecular formula is C20H14F3N7OS. The van der Waals surface area contributed by atoms with E-state index in [0.717, 1.165) is 15.8 Å². The molecule has 5 rings (SSSR count). The molecule has 1 atom stereocenters. The van der Waals surface area contributed by atoms with Gasteiger partial charge in [-0.3, -0.25) is 0 Å². The van der Waals surface area contributed by atoms with Crippen LogP contribution in [-0.2, 0) is 0 Å². The van der Waals surface area contributed by atoms with E-state index < -0.39 is 18.1 Å². The smallest absolute Gasteiger partial charge is 0.314 e. The summed E-state index contributed by atoms with van der Waals surface area (Å²) in [6.45, 7) is 1.83. The second-order valence-electron chi connectivity index (χ2n) is 6.98. The van der Waals surface area contributed by atoms with Gasteiger partial charge < -0.3 is 10.2 Å². The van der Waals surface area contributed by atoms with Crippen molar-refractivity contribution in [3.05, 3.63) is 59.9 Å². The molecule has 0 aliphatic carbocycles. The van der Waals surface area contributed by atoms with Gasteiger partial charge in [-0.05, 0) is 36.8 Å². The molecule has 3 aromatic heterocycles. The van der Waals surface area contributed by atoms with Crippen LogP contribution in [0.4, 0.5) is 18.3 Å². The average Bonchev–Trinajstić information content (AvgIpc) is 3.51. The predicted octanol–water partition coefficient (Wildman–Crippen LogP) is 4.87. The van der Waals surface area contributed by atoms with E-state index in [1.165, 1.54) is 23.5 Å². The van der Waals surface area contributed by atoms with Crippen LogP contribution < -0.4 is 5.73 Å². The molecule has 8 nitrogen and oxygen atoms in total. The number of benzene rings is 2. The van der Waals surface area contributed by atoms with Crippen molar-refractivity contribution < 1.29 is 17.6 Å². The van der Waals surface area contributed by atoms with Crippen molar-refractivity contribution in [2.75, 3.05) is 5.73 Å². The Labute approximate surface area is 182 Å². The summed E-state index contributed by atoms with van der Waals surface area (Å²) < 4.78 is 47.3. The van der Waals surface area contributed by atoms with Gasteiger partial charge in [0, 0.05) is 5.56 Å². The topological polar surface area (TPSA) is 109 Å². The summed E-state index contributed by atoms with van der Waals surface area (Å²) in [5, 5.41) is 15.6. The lowest BCUT2D eigenvalue weighted by Crippen LogP contribution is -2.08. The fourth-order valence-corrected chi connectivity index (χ4v) is 4.02. The first kappa shape index (κ1) is 20.1. The number of nitrogens with zero attached hydrogens (tertiary/aromatic N) is 6. The Morgan fingerprint density at radius 1 is 1.09 bits per heavy atom. The minimum Gasteiger partial charge on any atom is -0.415 e. The largest absolute Gasteiger partial charge is 0.415 e. The van der Waals surface area contributed by atoms with Gasteiger partial charge in [0.05, 0.1) is 28.0 Å². The van der Waals surface area contributed by atoms with Crippen LogP contribution in [0.15, 0.2) is 47.0 Å².